The number of para-hydroxylation sites is 1. The number of hydrogen-bond donors (Lipinski definition) is 3. The summed E-state index contributed by atoms with van der Waals surface area (Å²) in [5.74, 6) is 0.00156. The molecule has 1 heterocycles. The minimum atomic E-state index is 0.00156. The Morgan fingerprint density at radius 2 is 1.96 bits per heavy atom. The largest absolute Gasteiger partial charge is 0.383 e. The van der Waals surface area contributed by atoms with E-state index in [1.54, 1.807) is 7.11 Å². The summed E-state index contributed by atoms with van der Waals surface area (Å²) in [4.78, 5) is 11.8. The summed E-state index contributed by atoms with van der Waals surface area (Å²) in [7, 11) is 1.62. The SMILES string of the molecule is COCCNC(=O)Cc1ccc(NCc2[nH]nc3ccccc23)cc1. The van der Waals surface area contributed by atoms with Crippen LogP contribution in [0, 0.1) is 0 Å². The van der Waals surface area contributed by atoms with Crippen molar-refractivity contribution in [2.24, 2.45) is 0 Å². The summed E-state index contributed by atoms with van der Waals surface area (Å²) in [6.45, 7) is 1.72. The molecule has 0 bridgehead atoms. The highest BCUT2D eigenvalue weighted by Gasteiger charge is 2.05. The molecule has 0 saturated heterocycles. The van der Waals surface area contributed by atoms with E-state index >= 15 is 0 Å². The molecule has 0 unspecified atom stereocenters. The lowest BCUT2D eigenvalue weighted by Crippen LogP contribution is -2.28. The molecule has 2 aromatic carbocycles. The number of amides is 1. The van der Waals surface area contributed by atoms with Crippen molar-refractivity contribution in [1.29, 1.82) is 0 Å². The summed E-state index contributed by atoms with van der Waals surface area (Å²) in [6, 6.07) is 15.9. The molecule has 6 heteroatoms. The van der Waals surface area contributed by atoms with Gasteiger partial charge in [0.15, 0.2) is 0 Å². The first-order chi connectivity index (χ1) is 12.3. The zero-order chi connectivity index (χ0) is 17.5. The van der Waals surface area contributed by atoms with Crippen molar-refractivity contribution < 1.29 is 9.53 Å². The van der Waals surface area contributed by atoms with Crippen LogP contribution in [-0.2, 0) is 22.5 Å². The summed E-state index contributed by atoms with van der Waals surface area (Å²) in [6.07, 6.45) is 0.370. The Morgan fingerprint density at radius 3 is 2.76 bits per heavy atom. The molecule has 3 rings (SSSR count). The average molecular weight is 338 g/mol. The third-order valence-electron chi connectivity index (χ3n) is 3.96. The Balaban J connectivity index is 1.53. The molecule has 0 spiro atoms. The van der Waals surface area contributed by atoms with Gasteiger partial charge in [-0.3, -0.25) is 9.89 Å². The van der Waals surface area contributed by atoms with Crippen molar-refractivity contribution in [2.75, 3.05) is 25.6 Å². The van der Waals surface area contributed by atoms with Crippen molar-refractivity contribution >= 4 is 22.5 Å². The lowest BCUT2D eigenvalue weighted by atomic mass is 10.1. The van der Waals surface area contributed by atoms with Crippen LogP contribution in [0.25, 0.3) is 10.9 Å². The third kappa shape index (κ3) is 4.58. The molecule has 1 amide bonds. The van der Waals surface area contributed by atoms with Gasteiger partial charge in [-0.25, -0.2) is 0 Å². The molecule has 0 aliphatic rings. The lowest BCUT2D eigenvalue weighted by molar-refractivity contribution is -0.120. The fourth-order valence-electron chi connectivity index (χ4n) is 2.62. The van der Waals surface area contributed by atoms with Crippen molar-refractivity contribution in [3.63, 3.8) is 0 Å². The predicted octanol–water partition coefficient (Wildman–Crippen LogP) is 2.48. The van der Waals surface area contributed by atoms with Gasteiger partial charge in [0, 0.05) is 24.7 Å². The monoisotopic (exact) mass is 338 g/mol. The first-order valence-corrected chi connectivity index (χ1v) is 8.26. The van der Waals surface area contributed by atoms with Crippen molar-refractivity contribution in [3.05, 3.63) is 59.8 Å². The van der Waals surface area contributed by atoms with Gasteiger partial charge in [0.2, 0.25) is 5.91 Å². The van der Waals surface area contributed by atoms with E-state index in [9.17, 15) is 4.79 Å². The van der Waals surface area contributed by atoms with Gasteiger partial charge in [-0.05, 0) is 23.8 Å². The van der Waals surface area contributed by atoms with E-state index in [0.717, 1.165) is 27.8 Å². The molecule has 0 saturated carbocycles. The van der Waals surface area contributed by atoms with Crippen LogP contribution in [-0.4, -0.2) is 36.4 Å². The van der Waals surface area contributed by atoms with Gasteiger partial charge in [-0.1, -0.05) is 30.3 Å². The number of nitrogens with one attached hydrogen (secondary N) is 3. The summed E-state index contributed by atoms with van der Waals surface area (Å²) < 4.78 is 4.91. The molecule has 1 aromatic heterocycles. The molecule has 6 nitrogen and oxygen atoms in total. The number of carbonyl (C=O) groups excluding carboxylic acids is 1. The van der Waals surface area contributed by atoms with E-state index in [-0.39, 0.29) is 5.91 Å². The van der Waals surface area contributed by atoms with Crippen LogP contribution in [0.4, 0.5) is 5.69 Å². The molecule has 0 radical (unpaired) electrons. The number of aromatic amines is 1. The molecule has 0 fully saturated rings. The minimum absolute atomic E-state index is 0.00156. The second kappa shape index (κ2) is 8.30. The van der Waals surface area contributed by atoms with E-state index < -0.39 is 0 Å². The number of rotatable bonds is 8. The van der Waals surface area contributed by atoms with E-state index in [2.05, 4.69) is 26.9 Å². The molecular formula is C19H22N4O2. The van der Waals surface area contributed by atoms with E-state index in [0.29, 0.717) is 26.1 Å². The van der Waals surface area contributed by atoms with Gasteiger partial charge < -0.3 is 15.4 Å². The fraction of sp³-hybridized carbons (Fsp3) is 0.263. The maximum atomic E-state index is 11.8. The quantitative estimate of drug-likeness (QED) is 0.551. The zero-order valence-corrected chi connectivity index (χ0v) is 14.2. The smallest absolute Gasteiger partial charge is 0.224 e. The number of carbonyl (C=O) groups is 1. The van der Waals surface area contributed by atoms with E-state index in [1.807, 2.05) is 42.5 Å². The second-order valence-corrected chi connectivity index (χ2v) is 5.79. The number of ether oxygens (including phenoxy) is 1. The number of H-pyrrole nitrogens is 1. The molecular weight excluding hydrogens is 316 g/mol. The predicted molar refractivity (Wildman–Crippen MR) is 98.5 cm³/mol. The second-order valence-electron chi connectivity index (χ2n) is 5.79. The third-order valence-corrected chi connectivity index (χ3v) is 3.96. The highest BCUT2D eigenvalue weighted by atomic mass is 16.5. The molecule has 0 atom stereocenters. The summed E-state index contributed by atoms with van der Waals surface area (Å²) in [5, 5.41) is 14.7. The number of hydrogen-bond acceptors (Lipinski definition) is 4. The molecule has 0 aliphatic carbocycles. The van der Waals surface area contributed by atoms with Crippen molar-refractivity contribution in [2.45, 2.75) is 13.0 Å². The van der Waals surface area contributed by atoms with Crippen molar-refractivity contribution in [3.8, 4) is 0 Å². The summed E-state index contributed by atoms with van der Waals surface area (Å²) >= 11 is 0. The number of fused-ring (bicyclic) bond motifs is 1. The normalized spacial score (nSPS) is 10.8. The number of nitrogens with zero attached hydrogens (tertiary/aromatic N) is 1. The van der Waals surface area contributed by atoms with Gasteiger partial charge in [0.25, 0.3) is 0 Å². The van der Waals surface area contributed by atoms with Gasteiger partial charge in [0.1, 0.15) is 0 Å². The van der Waals surface area contributed by atoms with E-state index in [1.165, 1.54) is 0 Å². The Labute approximate surface area is 146 Å². The van der Waals surface area contributed by atoms with E-state index in [4.69, 9.17) is 4.74 Å². The Hall–Kier alpha value is -2.86. The number of benzene rings is 2. The highest BCUT2D eigenvalue weighted by Crippen LogP contribution is 2.17. The number of methoxy groups -OCH3 is 1. The van der Waals surface area contributed by atoms with Crippen molar-refractivity contribution in [1.82, 2.24) is 15.5 Å². The highest BCUT2D eigenvalue weighted by molar-refractivity contribution is 5.81. The lowest BCUT2D eigenvalue weighted by Gasteiger charge is -2.08. The standard InChI is InChI=1S/C19H22N4O2/c1-25-11-10-20-19(24)12-14-6-8-15(9-7-14)21-13-18-16-4-2-3-5-17(16)22-23-18/h2-9,21H,10-13H2,1H3,(H,20,24)(H,22,23). The first kappa shape index (κ1) is 17.0. The van der Waals surface area contributed by atoms with Gasteiger partial charge in [-0.2, -0.15) is 5.10 Å². The first-order valence-electron chi connectivity index (χ1n) is 8.26. The molecule has 3 N–H and O–H groups in total. The molecule has 3 aromatic rings. The topological polar surface area (TPSA) is 79.0 Å². The fourth-order valence-corrected chi connectivity index (χ4v) is 2.62. The Kier molecular flexibility index (Phi) is 5.64. The Morgan fingerprint density at radius 1 is 1.16 bits per heavy atom. The zero-order valence-electron chi connectivity index (χ0n) is 14.2. The Bertz CT molecular complexity index is 827. The van der Waals surface area contributed by atoms with Crippen LogP contribution in [0.15, 0.2) is 48.5 Å². The van der Waals surface area contributed by atoms with Gasteiger partial charge in [0.05, 0.1) is 30.8 Å². The molecule has 0 aliphatic heterocycles. The summed E-state index contributed by atoms with van der Waals surface area (Å²) in [5.41, 5.74) is 4.00. The minimum Gasteiger partial charge on any atom is -0.383 e. The maximum Gasteiger partial charge on any atom is 0.224 e. The maximum absolute atomic E-state index is 11.8. The molecule has 25 heavy (non-hydrogen) atoms. The molecule has 130 valence electrons. The van der Waals surface area contributed by atoms with Crippen LogP contribution >= 0.6 is 0 Å². The number of anilines is 1. The average Bonchev–Trinajstić information content (AvgIpc) is 3.05. The van der Waals surface area contributed by atoms with Crippen LogP contribution in [0.3, 0.4) is 0 Å². The number of aromatic nitrogens is 2. The van der Waals surface area contributed by atoms with Gasteiger partial charge >= 0.3 is 0 Å². The van der Waals surface area contributed by atoms with Crippen LogP contribution in [0.2, 0.25) is 0 Å². The van der Waals surface area contributed by atoms with Crippen LogP contribution in [0.1, 0.15) is 11.3 Å². The van der Waals surface area contributed by atoms with Gasteiger partial charge in [-0.15, -0.1) is 0 Å². The van der Waals surface area contributed by atoms with Crippen LogP contribution < -0.4 is 10.6 Å². The van der Waals surface area contributed by atoms with Crippen LogP contribution in [0.5, 0.6) is 0 Å².